The van der Waals surface area contributed by atoms with Crippen LogP contribution in [0.2, 0.25) is 0 Å². The van der Waals surface area contributed by atoms with E-state index in [1.165, 1.54) is 22.5 Å². The lowest BCUT2D eigenvalue weighted by atomic mass is 9.82. The molecule has 1 aliphatic heterocycles. The van der Waals surface area contributed by atoms with Gasteiger partial charge in [0.05, 0.1) is 34.9 Å². The molecule has 0 amide bonds. The van der Waals surface area contributed by atoms with E-state index in [1.807, 2.05) is 31.5 Å². The van der Waals surface area contributed by atoms with E-state index in [4.69, 9.17) is 14.8 Å². The molecule has 2 unspecified atom stereocenters. The molecule has 0 saturated carbocycles. The summed E-state index contributed by atoms with van der Waals surface area (Å²) in [6.45, 7) is 7.18. The van der Waals surface area contributed by atoms with Crippen molar-refractivity contribution in [3.05, 3.63) is 40.3 Å². The summed E-state index contributed by atoms with van der Waals surface area (Å²) in [5, 5.41) is 38.6. The van der Waals surface area contributed by atoms with Crippen molar-refractivity contribution in [2.45, 2.75) is 69.9 Å². The molecule has 1 saturated heterocycles. The fourth-order valence-corrected chi connectivity index (χ4v) is 7.54. The van der Waals surface area contributed by atoms with Gasteiger partial charge in [0, 0.05) is 38.9 Å². The lowest BCUT2D eigenvalue weighted by molar-refractivity contribution is -0.179. The van der Waals surface area contributed by atoms with E-state index in [9.17, 15) is 42.9 Å². The van der Waals surface area contributed by atoms with Crippen molar-refractivity contribution >= 4 is 39.0 Å². The Kier molecular flexibility index (Phi) is 11.9. The van der Waals surface area contributed by atoms with Gasteiger partial charge in [-0.15, -0.1) is 0 Å². The number of aryl methyl sites for hydroxylation is 2. The predicted octanol–water partition coefficient (Wildman–Crippen LogP) is 1.84. The zero-order valence-corrected chi connectivity index (χ0v) is 28.5. The monoisotopic (exact) mass is 705 g/mol. The topological polar surface area (TPSA) is 233 Å². The molecule has 5 N–H and O–H groups in total. The number of carboxylic acids is 3. The third-order valence-corrected chi connectivity index (χ3v) is 10.6. The molecule has 1 aromatic carbocycles. The number of ether oxygens (including phenoxy) is 1. The lowest BCUT2D eigenvalue weighted by Gasteiger charge is -2.35. The first-order valence-electron chi connectivity index (χ1n) is 16.2. The second-order valence-electron chi connectivity index (χ2n) is 12.0. The first-order valence-corrected chi connectivity index (χ1v) is 17.6. The number of hydrogen-bond donors (Lipinski definition) is 5. The molecule has 16 nitrogen and oxygen atoms in total. The molecule has 268 valence electrons. The number of carbonyl (C=O) groups is 3. The SMILES string of the molecule is CCCOc1ccc(S(=O)(=O)N2CCN(CCC(C(=O)O)C(O)(CC(=O)O)C(=O)O)CC2)cc1-c1nc2c(CCC)cn(CC)c2c(=O)[nH]1. The number of carboxylic acid groups (broad SMARTS) is 3. The van der Waals surface area contributed by atoms with Crippen molar-refractivity contribution in [1.82, 2.24) is 23.7 Å². The Morgan fingerprint density at radius 3 is 2.33 bits per heavy atom. The first-order chi connectivity index (χ1) is 23.2. The maximum absolute atomic E-state index is 13.9. The molecule has 2 atom stereocenters. The molecule has 1 aliphatic rings. The van der Waals surface area contributed by atoms with Gasteiger partial charge in [0.25, 0.3) is 5.56 Å². The number of sulfonamides is 1. The van der Waals surface area contributed by atoms with Crippen LogP contribution < -0.4 is 10.3 Å². The number of aliphatic carboxylic acids is 3. The van der Waals surface area contributed by atoms with Crippen LogP contribution in [-0.4, -0.2) is 115 Å². The summed E-state index contributed by atoms with van der Waals surface area (Å²) in [4.78, 5) is 57.3. The number of benzene rings is 1. The van der Waals surface area contributed by atoms with Crippen molar-refractivity contribution in [1.29, 1.82) is 0 Å². The summed E-state index contributed by atoms with van der Waals surface area (Å²) < 4.78 is 36.8. The summed E-state index contributed by atoms with van der Waals surface area (Å²) in [7, 11) is -4.07. The normalized spacial score (nSPS) is 16.3. The number of nitrogens with zero attached hydrogens (tertiary/aromatic N) is 4. The average molecular weight is 706 g/mol. The Morgan fingerprint density at radius 1 is 1.06 bits per heavy atom. The van der Waals surface area contributed by atoms with Crippen molar-refractivity contribution in [2.75, 3.05) is 39.3 Å². The van der Waals surface area contributed by atoms with Gasteiger partial charge in [0.2, 0.25) is 10.0 Å². The maximum atomic E-state index is 13.9. The van der Waals surface area contributed by atoms with E-state index < -0.39 is 45.9 Å². The van der Waals surface area contributed by atoms with Crippen LogP contribution in [0, 0.1) is 5.92 Å². The standard InChI is InChI=1S/C32H43N5O11S/c1-4-7-20-19-36(6-3)27-26(20)33-28(34-29(27)40)22-17-21(8-9-24(22)48-16-5-2)49(46,47)37-14-12-35(13-15-37)11-10-23(30(41)42)32(45,31(43)44)18-25(38)39/h8-9,17,19,23,45H,4-7,10-16,18H2,1-3H3,(H,38,39)(H,41,42)(H,43,44)(H,33,34,40). The molecule has 49 heavy (non-hydrogen) atoms. The zero-order valence-electron chi connectivity index (χ0n) is 27.7. The van der Waals surface area contributed by atoms with E-state index in [-0.39, 0.29) is 55.4 Å². The zero-order chi connectivity index (χ0) is 36.1. The van der Waals surface area contributed by atoms with Gasteiger partial charge in [-0.3, -0.25) is 14.4 Å². The maximum Gasteiger partial charge on any atom is 0.337 e. The Morgan fingerprint density at radius 2 is 1.76 bits per heavy atom. The average Bonchev–Trinajstić information content (AvgIpc) is 3.41. The molecule has 3 aromatic rings. The fourth-order valence-electron chi connectivity index (χ4n) is 6.09. The Bertz CT molecular complexity index is 1860. The van der Waals surface area contributed by atoms with Crippen LogP contribution in [-0.2, 0) is 37.4 Å². The number of aromatic amines is 1. The molecule has 0 aliphatic carbocycles. The number of H-pyrrole nitrogens is 1. The van der Waals surface area contributed by atoms with Crippen molar-refractivity contribution in [3.63, 3.8) is 0 Å². The molecule has 0 bridgehead atoms. The van der Waals surface area contributed by atoms with Crippen LogP contribution in [0.1, 0.15) is 52.0 Å². The fraction of sp³-hybridized carbons (Fsp3) is 0.531. The molecular formula is C32H43N5O11S. The number of piperazine rings is 1. The summed E-state index contributed by atoms with van der Waals surface area (Å²) in [5.74, 6) is -6.65. The molecular weight excluding hydrogens is 662 g/mol. The van der Waals surface area contributed by atoms with Gasteiger partial charge < -0.3 is 39.6 Å². The van der Waals surface area contributed by atoms with Crippen LogP contribution in [0.15, 0.2) is 34.1 Å². The smallest absolute Gasteiger partial charge is 0.337 e. The summed E-state index contributed by atoms with van der Waals surface area (Å²) in [5.41, 5.74) is -1.17. The summed E-state index contributed by atoms with van der Waals surface area (Å²) in [6, 6.07) is 4.39. The number of rotatable bonds is 17. The summed E-state index contributed by atoms with van der Waals surface area (Å²) >= 11 is 0. The van der Waals surface area contributed by atoms with E-state index >= 15 is 0 Å². The molecule has 2 aromatic heterocycles. The van der Waals surface area contributed by atoms with E-state index in [1.54, 1.807) is 4.90 Å². The van der Waals surface area contributed by atoms with Crippen LogP contribution in [0.3, 0.4) is 0 Å². The van der Waals surface area contributed by atoms with Gasteiger partial charge in [-0.2, -0.15) is 4.31 Å². The van der Waals surface area contributed by atoms with Gasteiger partial charge >= 0.3 is 17.9 Å². The highest BCUT2D eigenvalue weighted by Crippen LogP contribution is 2.33. The third-order valence-electron chi connectivity index (χ3n) is 8.69. The van der Waals surface area contributed by atoms with E-state index in [0.717, 1.165) is 12.0 Å². The summed E-state index contributed by atoms with van der Waals surface area (Å²) in [6.07, 6.45) is 2.48. The number of fused-ring (bicyclic) bond motifs is 1. The number of aliphatic hydroxyl groups is 1. The highest BCUT2D eigenvalue weighted by Gasteiger charge is 2.50. The van der Waals surface area contributed by atoms with Crippen molar-refractivity contribution in [3.8, 4) is 17.1 Å². The Labute approximate surface area is 283 Å². The van der Waals surface area contributed by atoms with Crippen molar-refractivity contribution in [2.24, 2.45) is 5.92 Å². The van der Waals surface area contributed by atoms with Crippen molar-refractivity contribution < 1.29 is 48.0 Å². The van der Waals surface area contributed by atoms with Crippen LogP contribution in [0.25, 0.3) is 22.4 Å². The second-order valence-corrected chi connectivity index (χ2v) is 14.0. The van der Waals surface area contributed by atoms with E-state index in [2.05, 4.69) is 4.98 Å². The van der Waals surface area contributed by atoms with Gasteiger partial charge in [-0.25, -0.2) is 18.2 Å². The second kappa shape index (κ2) is 15.5. The molecule has 4 rings (SSSR count). The highest BCUT2D eigenvalue weighted by atomic mass is 32.2. The van der Waals surface area contributed by atoms with Gasteiger partial charge in [0.1, 0.15) is 17.1 Å². The van der Waals surface area contributed by atoms with Crippen LogP contribution in [0.4, 0.5) is 0 Å². The number of nitrogens with one attached hydrogen (secondary N) is 1. The largest absolute Gasteiger partial charge is 0.493 e. The van der Waals surface area contributed by atoms with Gasteiger partial charge in [0.15, 0.2) is 5.60 Å². The number of hydrogen-bond acceptors (Lipinski definition) is 10. The Balaban J connectivity index is 1.58. The lowest BCUT2D eigenvalue weighted by Crippen LogP contribution is -2.53. The highest BCUT2D eigenvalue weighted by molar-refractivity contribution is 7.89. The third kappa shape index (κ3) is 7.95. The first kappa shape index (κ1) is 37.5. The molecule has 1 fully saturated rings. The van der Waals surface area contributed by atoms with Crippen LogP contribution in [0.5, 0.6) is 5.75 Å². The minimum absolute atomic E-state index is 0.0189. The molecule has 3 heterocycles. The number of aromatic nitrogens is 3. The molecule has 0 radical (unpaired) electrons. The molecule has 0 spiro atoms. The van der Waals surface area contributed by atoms with Crippen LogP contribution >= 0.6 is 0 Å². The van der Waals surface area contributed by atoms with E-state index in [0.29, 0.717) is 48.3 Å². The van der Waals surface area contributed by atoms with Gasteiger partial charge in [-0.05, 0) is 56.5 Å². The minimum Gasteiger partial charge on any atom is -0.493 e. The Hall–Kier alpha value is -4.32. The quantitative estimate of drug-likeness (QED) is 0.135. The van der Waals surface area contributed by atoms with Gasteiger partial charge in [-0.1, -0.05) is 20.3 Å². The molecule has 17 heteroatoms. The predicted molar refractivity (Wildman–Crippen MR) is 177 cm³/mol. The minimum atomic E-state index is -4.07.